The summed E-state index contributed by atoms with van der Waals surface area (Å²) in [6, 6.07) is 4.22. The SMILES string of the molecule is CC(O)c1noc(-c2c(Cl)cccc2[N+](=O)[O-])n1. The van der Waals surface area contributed by atoms with Gasteiger partial charge in [0.1, 0.15) is 11.7 Å². The summed E-state index contributed by atoms with van der Waals surface area (Å²) in [6.07, 6.45) is -0.927. The first-order valence-electron chi connectivity index (χ1n) is 4.95. The molecule has 18 heavy (non-hydrogen) atoms. The summed E-state index contributed by atoms with van der Waals surface area (Å²) in [6.45, 7) is 1.45. The normalized spacial score (nSPS) is 12.4. The number of nitrogens with zero attached hydrogens (tertiary/aromatic N) is 3. The van der Waals surface area contributed by atoms with Crippen molar-refractivity contribution < 1.29 is 14.6 Å². The molecular weight excluding hydrogens is 262 g/mol. The lowest BCUT2D eigenvalue weighted by Crippen LogP contribution is -1.95. The van der Waals surface area contributed by atoms with Gasteiger partial charge in [0.05, 0.1) is 9.95 Å². The van der Waals surface area contributed by atoms with E-state index in [0.29, 0.717) is 0 Å². The van der Waals surface area contributed by atoms with E-state index in [-0.39, 0.29) is 28.0 Å². The average molecular weight is 270 g/mol. The molecular formula is C10H8ClN3O4. The predicted octanol–water partition coefficient (Wildman–Crippen LogP) is 2.35. The van der Waals surface area contributed by atoms with E-state index in [1.807, 2.05) is 0 Å². The van der Waals surface area contributed by atoms with Crippen LogP contribution in [0.2, 0.25) is 5.02 Å². The van der Waals surface area contributed by atoms with Gasteiger partial charge in [-0.2, -0.15) is 4.98 Å². The quantitative estimate of drug-likeness (QED) is 0.678. The van der Waals surface area contributed by atoms with Crippen LogP contribution < -0.4 is 0 Å². The summed E-state index contributed by atoms with van der Waals surface area (Å²) in [7, 11) is 0. The van der Waals surface area contributed by atoms with E-state index >= 15 is 0 Å². The van der Waals surface area contributed by atoms with Gasteiger partial charge in [0.2, 0.25) is 0 Å². The number of aliphatic hydroxyl groups excluding tert-OH is 1. The maximum absolute atomic E-state index is 10.9. The zero-order valence-electron chi connectivity index (χ0n) is 9.20. The molecule has 1 unspecified atom stereocenters. The van der Waals surface area contributed by atoms with Gasteiger partial charge in [0.15, 0.2) is 5.82 Å². The van der Waals surface area contributed by atoms with Gasteiger partial charge in [-0.1, -0.05) is 22.8 Å². The fraction of sp³-hybridized carbons (Fsp3) is 0.200. The highest BCUT2D eigenvalue weighted by Gasteiger charge is 2.24. The van der Waals surface area contributed by atoms with Gasteiger partial charge in [-0.15, -0.1) is 0 Å². The molecule has 0 aliphatic heterocycles. The molecule has 0 saturated heterocycles. The predicted molar refractivity (Wildman–Crippen MR) is 62.0 cm³/mol. The van der Waals surface area contributed by atoms with Crippen LogP contribution in [-0.4, -0.2) is 20.2 Å². The summed E-state index contributed by atoms with van der Waals surface area (Å²) in [5, 5.41) is 23.8. The van der Waals surface area contributed by atoms with Crippen LogP contribution in [0.3, 0.4) is 0 Å². The van der Waals surface area contributed by atoms with E-state index < -0.39 is 11.0 Å². The minimum Gasteiger partial charge on any atom is -0.385 e. The van der Waals surface area contributed by atoms with Crippen LogP contribution in [0.15, 0.2) is 22.7 Å². The second-order valence-corrected chi connectivity index (χ2v) is 3.93. The third-order valence-electron chi connectivity index (χ3n) is 2.22. The van der Waals surface area contributed by atoms with Crippen LogP contribution in [0.1, 0.15) is 18.9 Å². The van der Waals surface area contributed by atoms with Gasteiger partial charge >= 0.3 is 0 Å². The highest BCUT2D eigenvalue weighted by molar-refractivity contribution is 6.33. The molecule has 1 N–H and O–H groups in total. The summed E-state index contributed by atoms with van der Waals surface area (Å²) < 4.78 is 4.87. The highest BCUT2D eigenvalue weighted by Crippen LogP contribution is 2.35. The minimum atomic E-state index is -0.927. The van der Waals surface area contributed by atoms with Crippen molar-refractivity contribution in [3.05, 3.63) is 39.2 Å². The Morgan fingerprint density at radius 3 is 2.83 bits per heavy atom. The topological polar surface area (TPSA) is 102 Å². The fourth-order valence-electron chi connectivity index (χ4n) is 1.38. The van der Waals surface area contributed by atoms with E-state index in [1.54, 1.807) is 0 Å². The molecule has 1 atom stereocenters. The monoisotopic (exact) mass is 269 g/mol. The van der Waals surface area contributed by atoms with Crippen LogP contribution in [0.5, 0.6) is 0 Å². The van der Waals surface area contributed by atoms with Crippen molar-refractivity contribution in [3.8, 4) is 11.5 Å². The molecule has 0 aliphatic carbocycles. The van der Waals surface area contributed by atoms with Crippen LogP contribution in [0.4, 0.5) is 5.69 Å². The number of aliphatic hydroxyl groups is 1. The molecule has 0 amide bonds. The largest absolute Gasteiger partial charge is 0.385 e. The molecule has 0 saturated carbocycles. The van der Waals surface area contributed by atoms with E-state index in [1.165, 1.54) is 25.1 Å². The number of aromatic nitrogens is 2. The first kappa shape index (κ1) is 12.5. The molecule has 0 fully saturated rings. The molecule has 0 radical (unpaired) electrons. The van der Waals surface area contributed by atoms with Crippen molar-refractivity contribution in [3.63, 3.8) is 0 Å². The van der Waals surface area contributed by atoms with E-state index in [4.69, 9.17) is 16.1 Å². The molecule has 2 aromatic rings. The Balaban J connectivity index is 2.58. The number of nitro benzene ring substituents is 1. The van der Waals surface area contributed by atoms with Gasteiger partial charge < -0.3 is 9.63 Å². The zero-order chi connectivity index (χ0) is 13.3. The maximum atomic E-state index is 10.9. The first-order valence-corrected chi connectivity index (χ1v) is 5.33. The molecule has 0 spiro atoms. The molecule has 0 aliphatic rings. The second kappa shape index (κ2) is 4.71. The Morgan fingerprint density at radius 2 is 2.28 bits per heavy atom. The summed E-state index contributed by atoms with van der Waals surface area (Å²) >= 11 is 5.90. The van der Waals surface area contributed by atoms with Gasteiger partial charge in [-0.05, 0) is 13.0 Å². The van der Waals surface area contributed by atoms with Crippen molar-refractivity contribution >= 4 is 17.3 Å². The van der Waals surface area contributed by atoms with Gasteiger partial charge in [-0.25, -0.2) is 0 Å². The maximum Gasteiger partial charge on any atom is 0.283 e. The molecule has 8 heteroatoms. The van der Waals surface area contributed by atoms with Crippen LogP contribution in [0.25, 0.3) is 11.5 Å². The molecule has 7 nitrogen and oxygen atoms in total. The van der Waals surface area contributed by atoms with Crippen LogP contribution in [-0.2, 0) is 0 Å². The standard InChI is InChI=1S/C10H8ClN3O4/c1-5(15)9-12-10(18-13-9)8-6(11)3-2-4-7(8)14(16)17/h2-5,15H,1H3. The van der Waals surface area contributed by atoms with Crippen LogP contribution >= 0.6 is 11.6 Å². The third kappa shape index (κ3) is 2.18. The van der Waals surface area contributed by atoms with Crippen molar-refractivity contribution in [2.75, 3.05) is 0 Å². The second-order valence-electron chi connectivity index (χ2n) is 3.52. The van der Waals surface area contributed by atoms with Gasteiger partial charge in [0, 0.05) is 6.07 Å². The van der Waals surface area contributed by atoms with Crippen molar-refractivity contribution in [1.82, 2.24) is 10.1 Å². The van der Waals surface area contributed by atoms with Crippen molar-refractivity contribution in [1.29, 1.82) is 0 Å². The third-order valence-corrected chi connectivity index (χ3v) is 2.53. The van der Waals surface area contributed by atoms with Crippen LogP contribution in [0, 0.1) is 10.1 Å². The summed E-state index contributed by atoms with van der Waals surface area (Å²) in [5.74, 6) is -0.0533. The fourth-order valence-corrected chi connectivity index (χ4v) is 1.63. The molecule has 1 aromatic carbocycles. The number of hydrogen-bond acceptors (Lipinski definition) is 6. The number of hydrogen-bond donors (Lipinski definition) is 1. The molecule has 1 heterocycles. The van der Waals surface area contributed by atoms with Crippen molar-refractivity contribution in [2.24, 2.45) is 0 Å². The Kier molecular flexibility index (Phi) is 3.26. The first-order chi connectivity index (χ1) is 8.50. The average Bonchev–Trinajstić information content (AvgIpc) is 2.77. The zero-order valence-corrected chi connectivity index (χ0v) is 9.96. The summed E-state index contributed by atoms with van der Waals surface area (Å²) in [4.78, 5) is 14.2. The highest BCUT2D eigenvalue weighted by atomic mass is 35.5. The Morgan fingerprint density at radius 1 is 1.56 bits per heavy atom. The number of benzene rings is 1. The molecule has 2 rings (SSSR count). The number of nitro groups is 1. The van der Waals surface area contributed by atoms with E-state index in [2.05, 4.69) is 10.1 Å². The number of halogens is 1. The molecule has 94 valence electrons. The molecule has 1 aromatic heterocycles. The lowest BCUT2D eigenvalue weighted by Gasteiger charge is -1.99. The lowest BCUT2D eigenvalue weighted by atomic mass is 10.2. The minimum absolute atomic E-state index is 0.0409. The Labute approximate surface area is 106 Å². The van der Waals surface area contributed by atoms with E-state index in [9.17, 15) is 15.2 Å². The smallest absolute Gasteiger partial charge is 0.283 e. The lowest BCUT2D eigenvalue weighted by molar-refractivity contribution is -0.384. The number of rotatable bonds is 3. The Hall–Kier alpha value is -1.99. The Bertz CT molecular complexity index is 597. The van der Waals surface area contributed by atoms with Crippen molar-refractivity contribution in [2.45, 2.75) is 13.0 Å². The van der Waals surface area contributed by atoms with Gasteiger partial charge in [0.25, 0.3) is 11.6 Å². The van der Waals surface area contributed by atoms with Gasteiger partial charge in [-0.3, -0.25) is 10.1 Å². The van der Waals surface area contributed by atoms with E-state index in [0.717, 1.165) is 0 Å². The summed E-state index contributed by atoms with van der Waals surface area (Å²) in [5.41, 5.74) is -0.188. The molecule has 0 bridgehead atoms.